The molecule has 0 radical (unpaired) electrons. The lowest BCUT2D eigenvalue weighted by molar-refractivity contribution is -0.140. The maximum Gasteiger partial charge on any atom is 0.405 e. The molecule has 0 bridgehead atoms. The molecule has 2 heterocycles. The second-order valence-electron chi connectivity index (χ2n) is 5.85. The van der Waals surface area contributed by atoms with Crippen LogP contribution in [0.5, 0.6) is 0 Å². The van der Waals surface area contributed by atoms with E-state index in [0.717, 1.165) is 0 Å². The number of aromatic amines is 1. The first kappa shape index (κ1) is 17.6. The normalized spacial score (nSPS) is 17.9. The van der Waals surface area contributed by atoms with Gasteiger partial charge in [0.25, 0.3) is 5.91 Å². The van der Waals surface area contributed by atoms with Crippen LogP contribution in [0.25, 0.3) is 10.9 Å². The molecule has 1 atom stereocenters. The molecule has 1 saturated heterocycles. The van der Waals surface area contributed by atoms with Crippen LogP contribution in [-0.4, -0.2) is 47.0 Å². The van der Waals surface area contributed by atoms with E-state index in [0.29, 0.717) is 23.7 Å². The van der Waals surface area contributed by atoms with E-state index in [1.165, 1.54) is 4.90 Å². The molecule has 3 rings (SSSR count). The Bertz CT molecular complexity index is 819. The van der Waals surface area contributed by atoms with Gasteiger partial charge in [-0.3, -0.25) is 9.59 Å². The van der Waals surface area contributed by atoms with E-state index in [1.807, 2.05) is 5.32 Å². The molecule has 0 aliphatic carbocycles. The van der Waals surface area contributed by atoms with E-state index in [2.05, 4.69) is 4.98 Å². The largest absolute Gasteiger partial charge is 0.405 e. The number of benzene rings is 1. The molecule has 2 aromatic rings. The van der Waals surface area contributed by atoms with Crippen molar-refractivity contribution < 1.29 is 22.8 Å². The van der Waals surface area contributed by atoms with Gasteiger partial charge in [0.15, 0.2) is 0 Å². The van der Waals surface area contributed by atoms with Gasteiger partial charge in [-0.05, 0) is 18.9 Å². The number of carbonyl (C=O) groups is 2. The van der Waals surface area contributed by atoms with Crippen LogP contribution in [-0.2, 0) is 4.79 Å². The Hall–Kier alpha value is -2.22. The Morgan fingerprint density at radius 3 is 2.72 bits per heavy atom. The van der Waals surface area contributed by atoms with Crippen molar-refractivity contribution in [1.29, 1.82) is 0 Å². The minimum Gasteiger partial charge on any atom is -0.349 e. The molecule has 0 spiro atoms. The summed E-state index contributed by atoms with van der Waals surface area (Å²) in [5, 5.41) is 2.75. The molecule has 2 amide bonds. The zero-order valence-corrected chi connectivity index (χ0v) is 13.7. The molecule has 1 fully saturated rings. The van der Waals surface area contributed by atoms with E-state index in [4.69, 9.17) is 11.6 Å². The van der Waals surface area contributed by atoms with Gasteiger partial charge in [0.2, 0.25) is 5.91 Å². The summed E-state index contributed by atoms with van der Waals surface area (Å²) in [5.41, 5.74) is 0.812. The summed E-state index contributed by atoms with van der Waals surface area (Å²) in [7, 11) is 0. The highest BCUT2D eigenvalue weighted by Gasteiger charge is 2.37. The van der Waals surface area contributed by atoms with Crippen LogP contribution < -0.4 is 5.32 Å². The molecule has 0 unspecified atom stereocenters. The fourth-order valence-electron chi connectivity index (χ4n) is 2.99. The molecular weight excluding hydrogens is 359 g/mol. The average Bonchev–Trinajstić information content (AvgIpc) is 3.17. The molecule has 134 valence electrons. The summed E-state index contributed by atoms with van der Waals surface area (Å²) in [6.45, 7) is -1.13. The van der Waals surface area contributed by atoms with Crippen LogP contribution in [0.3, 0.4) is 0 Å². The van der Waals surface area contributed by atoms with Crippen LogP contribution in [0.1, 0.15) is 23.3 Å². The van der Waals surface area contributed by atoms with Crippen molar-refractivity contribution in [1.82, 2.24) is 15.2 Å². The molecule has 1 aromatic heterocycles. The number of alkyl halides is 3. The Balaban J connectivity index is 1.80. The van der Waals surface area contributed by atoms with Crippen molar-refractivity contribution in [2.24, 2.45) is 0 Å². The van der Waals surface area contributed by atoms with Crippen LogP contribution in [0.15, 0.2) is 24.3 Å². The number of para-hydroxylation sites is 1. The highest BCUT2D eigenvalue weighted by Crippen LogP contribution is 2.30. The van der Waals surface area contributed by atoms with Gasteiger partial charge < -0.3 is 15.2 Å². The zero-order chi connectivity index (χ0) is 18.2. The highest BCUT2D eigenvalue weighted by atomic mass is 35.5. The number of amides is 2. The molecular formula is C16H15ClF3N3O2. The fraction of sp³-hybridized carbons (Fsp3) is 0.375. The quantitative estimate of drug-likeness (QED) is 0.868. The van der Waals surface area contributed by atoms with E-state index < -0.39 is 30.6 Å². The van der Waals surface area contributed by atoms with E-state index in [-0.39, 0.29) is 17.3 Å². The summed E-state index contributed by atoms with van der Waals surface area (Å²) < 4.78 is 36.8. The third-order valence-corrected chi connectivity index (χ3v) is 4.53. The standard InChI is InChI=1S/C16H15ClF3N3O2/c17-12-9-4-1-2-5-10(9)22-13(12)15(25)23-7-3-6-11(23)14(24)21-8-16(18,19)20/h1-2,4-5,11,22H,3,6-8H2,(H,21,24)/t11-/m0/s1. The third-order valence-electron chi connectivity index (χ3n) is 4.14. The van der Waals surface area contributed by atoms with Gasteiger partial charge in [0.05, 0.1) is 5.02 Å². The summed E-state index contributed by atoms with van der Waals surface area (Å²) in [6.07, 6.45) is -3.65. The lowest BCUT2D eigenvalue weighted by Crippen LogP contribution is -2.48. The molecule has 1 aliphatic rings. The number of halogens is 4. The Kier molecular flexibility index (Phi) is 4.64. The van der Waals surface area contributed by atoms with Crippen molar-refractivity contribution in [2.45, 2.75) is 25.1 Å². The Labute approximate surface area is 146 Å². The Morgan fingerprint density at radius 1 is 1.32 bits per heavy atom. The number of hydrogen-bond donors (Lipinski definition) is 2. The van der Waals surface area contributed by atoms with E-state index in [1.54, 1.807) is 24.3 Å². The van der Waals surface area contributed by atoms with Crippen LogP contribution >= 0.6 is 11.6 Å². The number of H-pyrrole nitrogens is 1. The minimum atomic E-state index is -4.50. The summed E-state index contributed by atoms with van der Waals surface area (Å²) in [4.78, 5) is 29.0. The van der Waals surface area contributed by atoms with Crippen LogP contribution in [0.4, 0.5) is 13.2 Å². The number of carbonyl (C=O) groups excluding carboxylic acids is 2. The van der Waals surface area contributed by atoms with Gasteiger partial charge in [0, 0.05) is 17.4 Å². The first-order chi connectivity index (χ1) is 11.8. The summed E-state index contributed by atoms with van der Waals surface area (Å²) in [5.74, 6) is -1.30. The average molecular weight is 374 g/mol. The van der Waals surface area contributed by atoms with Gasteiger partial charge in [0.1, 0.15) is 18.3 Å². The first-order valence-corrected chi connectivity index (χ1v) is 8.07. The molecule has 1 aromatic carbocycles. The lowest BCUT2D eigenvalue weighted by atomic mass is 10.2. The number of nitrogens with zero attached hydrogens (tertiary/aromatic N) is 1. The molecule has 0 saturated carbocycles. The summed E-state index contributed by atoms with van der Waals surface area (Å²) >= 11 is 6.25. The van der Waals surface area contributed by atoms with Gasteiger partial charge in [-0.2, -0.15) is 13.2 Å². The van der Waals surface area contributed by atoms with Gasteiger partial charge in [-0.25, -0.2) is 0 Å². The highest BCUT2D eigenvalue weighted by molar-refractivity contribution is 6.38. The predicted octanol–water partition coefficient (Wildman–Crippen LogP) is 3.10. The topological polar surface area (TPSA) is 65.2 Å². The second-order valence-corrected chi connectivity index (χ2v) is 6.23. The maximum atomic E-state index is 12.8. The number of likely N-dealkylation sites (tertiary alicyclic amines) is 1. The Morgan fingerprint density at radius 2 is 2.04 bits per heavy atom. The van der Waals surface area contributed by atoms with Crippen molar-refractivity contribution in [3.05, 3.63) is 35.0 Å². The first-order valence-electron chi connectivity index (χ1n) is 7.69. The predicted molar refractivity (Wildman–Crippen MR) is 86.4 cm³/mol. The minimum absolute atomic E-state index is 0.137. The van der Waals surface area contributed by atoms with Gasteiger partial charge in [-0.1, -0.05) is 29.8 Å². The number of nitrogens with one attached hydrogen (secondary N) is 2. The van der Waals surface area contributed by atoms with Gasteiger partial charge >= 0.3 is 6.18 Å². The molecule has 9 heteroatoms. The number of hydrogen-bond acceptors (Lipinski definition) is 2. The maximum absolute atomic E-state index is 12.8. The lowest BCUT2D eigenvalue weighted by Gasteiger charge is -2.24. The molecule has 5 nitrogen and oxygen atoms in total. The molecule has 1 aliphatic heterocycles. The third kappa shape index (κ3) is 3.58. The van der Waals surface area contributed by atoms with Crippen molar-refractivity contribution >= 4 is 34.3 Å². The molecule has 2 N–H and O–H groups in total. The number of rotatable bonds is 3. The zero-order valence-electron chi connectivity index (χ0n) is 13.0. The van der Waals surface area contributed by atoms with Crippen LogP contribution in [0.2, 0.25) is 5.02 Å². The van der Waals surface area contributed by atoms with Crippen LogP contribution in [0, 0.1) is 0 Å². The van der Waals surface area contributed by atoms with Crippen molar-refractivity contribution in [3.63, 3.8) is 0 Å². The second kappa shape index (κ2) is 6.59. The smallest absolute Gasteiger partial charge is 0.349 e. The van der Waals surface area contributed by atoms with Crippen molar-refractivity contribution in [3.8, 4) is 0 Å². The SMILES string of the molecule is O=C(NCC(F)(F)F)[C@@H]1CCCN1C(=O)c1[nH]c2ccccc2c1Cl. The fourth-order valence-corrected chi connectivity index (χ4v) is 3.28. The molecule has 25 heavy (non-hydrogen) atoms. The number of fused-ring (bicyclic) bond motifs is 1. The van der Waals surface area contributed by atoms with Gasteiger partial charge in [-0.15, -0.1) is 0 Å². The van der Waals surface area contributed by atoms with Crippen molar-refractivity contribution in [2.75, 3.05) is 13.1 Å². The monoisotopic (exact) mass is 373 g/mol. The summed E-state index contributed by atoms with van der Waals surface area (Å²) in [6, 6.07) is 6.14. The van der Waals surface area contributed by atoms with E-state index in [9.17, 15) is 22.8 Å². The van der Waals surface area contributed by atoms with E-state index >= 15 is 0 Å². The number of aromatic nitrogens is 1.